The van der Waals surface area contributed by atoms with E-state index in [1.165, 1.54) is 0 Å². The number of nitrogens with one attached hydrogen (secondary N) is 1. The largest absolute Gasteiger partial charge is 0.497 e. The number of hydrogen-bond acceptors (Lipinski definition) is 6. The van der Waals surface area contributed by atoms with Crippen LogP contribution in [0.3, 0.4) is 0 Å². The van der Waals surface area contributed by atoms with Crippen LogP contribution in [0.25, 0.3) is 21.5 Å². The Morgan fingerprint density at radius 2 is 1.70 bits per heavy atom. The van der Waals surface area contributed by atoms with Gasteiger partial charge in [0, 0.05) is 6.42 Å². The number of amides is 1. The first-order valence-corrected chi connectivity index (χ1v) is 9.65. The molecular formula is C23H23NO6. The molecule has 1 saturated heterocycles. The molecule has 1 N–H and O–H groups in total. The smallest absolute Gasteiger partial charge is 0.328 e. The lowest BCUT2D eigenvalue weighted by Gasteiger charge is -2.16. The van der Waals surface area contributed by atoms with Gasteiger partial charge in [-0.15, -0.1) is 0 Å². The lowest BCUT2D eigenvalue weighted by Crippen LogP contribution is -2.34. The number of carbonyl (C=O) groups is 2. The predicted molar refractivity (Wildman–Crippen MR) is 112 cm³/mol. The average Bonchev–Trinajstić information content (AvgIpc) is 3.22. The molecule has 0 radical (unpaired) electrons. The quantitative estimate of drug-likeness (QED) is 0.497. The first-order chi connectivity index (χ1) is 14.5. The molecule has 3 aromatic carbocycles. The van der Waals surface area contributed by atoms with Crippen molar-refractivity contribution in [2.24, 2.45) is 0 Å². The average molecular weight is 409 g/mol. The number of ether oxygens (including phenoxy) is 4. The Balaban J connectivity index is 1.79. The van der Waals surface area contributed by atoms with Gasteiger partial charge < -0.3 is 24.3 Å². The molecule has 1 heterocycles. The van der Waals surface area contributed by atoms with E-state index in [9.17, 15) is 9.59 Å². The van der Waals surface area contributed by atoms with Gasteiger partial charge in [0.1, 0.15) is 18.4 Å². The second-order valence-electron chi connectivity index (χ2n) is 7.14. The fraction of sp³-hybridized carbons (Fsp3) is 0.304. The zero-order valence-electron chi connectivity index (χ0n) is 17.1. The van der Waals surface area contributed by atoms with Crippen molar-refractivity contribution in [1.29, 1.82) is 0 Å². The van der Waals surface area contributed by atoms with E-state index in [0.29, 0.717) is 24.3 Å². The van der Waals surface area contributed by atoms with E-state index in [1.54, 1.807) is 21.3 Å². The highest BCUT2D eigenvalue weighted by Crippen LogP contribution is 2.39. The molecule has 1 atom stereocenters. The van der Waals surface area contributed by atoms with Gasteiger partial charge in [0.15, 0.2) is 11.5 Å². The van der Waals surface area contributed by atoms with Crippen LogP contribution < -0.4 is 19.5 Å². The number of rotatable bonds is 6. The lowest BCUT2D eigenvalue weighted by molar-refractivity contribution is -0.147. The predicted octanol–water partition coefficient (Wildman–Crippen LogP) is 3.34. The standard InChI is InChI=1S/C23H23NO6/c1-27-15-5-4-13-8-14(12-30-23(26)19-6-7-22(25)24-19)17-10-20(28-2)21(29-3)11-18(17)16(13)9-15/h4-5,8-11,19H,6-7,12H2,1-3H3,(H,24,25). The summed E-state index contributed by atoms with van der Waals surface area (Å²) in [6, 6.07) is 11.0. The molecule has 3 aromatic rings. The minimum absolute atomic E-state index is 0.0825. The molecule has 1 fully saturated rings. The van der Waals surface area contributed by atoms with Crippen molar-refractivity contribution >= 4 is 33.4 Å². The molecule has 1 unspecified atom stereocenters. The van der Waals surface area contributed by atoms with Crippen molar-refractivity contribution in [2.75, 3.05) is 21.3 Å². The first-order valence-electron chi connectivity index (χ1n) is 9.65. The maximum absolute atomic E-state index is 12.4. The molecule has 7 nitrogen and oxygen atoms in total. The second-order valence-corrected chi connectivity index (χ2v) is 7.14. The highest BCUT2D eigenvalue weighted by Gasteiger charge is 2.28. The Hall–Kier alpha value is -3.48. The Bertz CT molecular complexity index is 1140. The summed E-state index contributed by atoms with van der Waals surface area (Å²) in [5.41, 5.74) is 0.835. The molecule has 1 amide bonds. The molecular weight excluding hydrogens is 386 g/mol. The molecule has 156 valence electrons. The first kappa shape index (κ1) is 19.8. The molecule has 0 bridgehead atoms. The third-order valence-corrected chi connectivity index (χ3v) is 5.40. The molecule has 0 saturated carbocycles. The Morgan fingerprint density at radius 1 is 0.967 bits per heavy atom. The van der Waals surface area contributed by atoms with E-state index in [0.717, 1.165) is 32.9 Å². The van der Waals surface area contributed by atoms with Gasteiger partial charge in [0.25, 0.3) is 0 Å². The number of hydrogen-bond donors (Lipinski definition) is 1. The van der Waals surface area contributed by atoms with Gasteiger partial charge in [-0.2, -0.15) is 0 Å². The molecule has 0 aliphatic carbocycles. The van der Waals surface area contributed by atoms with Crippen molar-refractivity contribution < 1.29 is 28.5 Å². The van der Waals surface area contributed by atoms with Crippen LogP contribution in [0.4, 0.5) is 0 Å². The van der Waals surface area contributed by atoms with Gasteiger partial charge in [-0.3, -0.25) is 4.79 Å². The number of methoxy groups -OCH3 is 3. The highest BCUT2D eigenvalue weighted by atomic mass is 16.5. The van der Waals surface area contributed by atoms with Crippen LogP contribution in [-0.2, 0) is 20.9 Å². The van der Waals surface area contributed by atoms with Crippen molar-refractivity contribution in [1.82, 2.24) is 5.32 Å². The van der Waals surface area contributed by atoms with Crippen LogP contribution in [0.5, 0.6) is 17.2 Å². The zero-order valence-corrected chi connectivity index (χ0v) is 17.1. The Labute approximate surface area is 173 Å². The minimum Gasteiger partial charge on any atom is -0.497 e. The molecule has 1 aliphatic heterocycles. The van der Waals surface area contributed by atoms with Gasteiger partial charge in [-0.1, -0.05) is 6.07 Å². The molecule has 4 rings (SSSR count). The van der Waals surface area contributed by atoms with Crippen molar-refractivity contribution in [2.45, 2.75) is 25.5 Å². The van der Waals surface area contributed by atoms with E-state index in [4.69, 9.17) is 18.9 Å². The molecule has 30 heavy (non-hydrogen) atoms. The molecule has 0 aromatic heterocycles. The van der Waals surface area contributed by atoms with Gasteiger partial charge in [-0.25, -0.2) is 4.79 Å². The molecule has 7 heteroatoms. The van der Waals surface area contributed by atoms with Crippen LogP contribution >= 0.6 is 0 Å². The van der Waals surface area contributed by atoms with Crippen molar-refractivity contribution in [3.63, 3.8) is 0 Å². The third kappa shape index (κ3) is 3.58. The normalized spacial score (nSPS) is 15.8. The van der Waals surface area contributed by atoms with Crippen LogP contribution in [0.15, 0.2) is 36.4 Å². The highest BCUT2D eigenvalue weighted by molar-refractivity contribution is 6.10. The topological polar surface area (TPSA) is 83.1 Å². The second kappa shape index (κ2) is 8.10. The van der Waals surface area contributed by atoms with Crippen molar-refractivity contribution in [3.8, 4) is 17.2 Å². The fourth-order valence-corrected chi connectivity index (χ4v) is 3.81. The summed E-state index contributed by atoms with van der Waals surface area (Å²) in [4.78, 5) is 23.8. The maximum atomic E-state index is 12.4. The van der Waals surface area contributed by atoms with E-state index < -0.39 is 12.0 Å². The minimum atomic E-state index is -0.580. The van der Waals surface area contributed by atoms with Crippen LogP contribution in [0.1, 0.15) is 18.4 Å². The van der Waals surface area contributed by atoms with Gasteiger partial charge in [0.05, 0.1) is 21.3 Å². The summed E-state index contributed by atoms with van der Waals surface area (Å²) < 4.78 is 21.9. The summed E-state index contributed by atoms with van der Waals surface area (Å²) in [7, 11) is 4.80. The van der Waals surface area contributed by atoms with E-state index in [-0.39, 0.29) is 12.5 Å². The van der Waals surface area contributed by atoms with E-state index >= 15 is 0 Å². The van der Waals surface area contributed by atoms with Crippen molar-refractivity contribution in [3.05, 3.63) is 42.0 Å². The van der Waals surface area contributed by atoms with Crippen LogP contribution in [0.2, 0.25) is 0 Å². The molecule has 0 spiro atoms. The van der Waals surface area contributed by atoms with Crippen LogP contribution in [-0.4, -0.2) is 39.2 Å². The van der Waals surface area contributed by atoms with Gasteiger partial charge in [0.2, 0.25) is 5.91 Å². The lowest BCUT2D eigenvalue weighted by atomic mass is 9.96. The summed E-state index contributed by atoms with van der Waals surface area (Å²) in [5.74, 6) is 1.39. The monoisotopic (exact) mass is 409 g/mol. The number of fused-ring (bicyclic) bond motifs is 3. The Kier molecular flexibility index (Phi) is 5.35. The molecule has 1 aliphatic rings. The van der Waals surface area contributed by atoms with E-state index in [2.05, 4.69) is 5.32 Å². The summed E-state index contributed by atoms with van der Waals surface area (Å²) in [5, 5.41) is 6.43. The summed E-state index contributed by atoms with van der Waals surface area (Å²) in [6.45, 7) is 0.0825. The Morgan fingerprint density at radius 3 is 2.33 bits per heavy atom. The summed E-state index contributed by atoms with van der Waals surface area (Å²) in [6.07, 6.45) is 0.804. The van der Waals surface area contributed by atoms with Crippen LogP contribution in [0, 0.1) is 0 Å². The number of benzene rings is 3. The van der Waals surface area contributed by atoms with E-state index in [1.807, 2.05) is 36.4 Å². The zero-order chi connectivity index (χ0) is 21.3. The maximum Gasteiger partial charge on any atom is 0.328 e. The number of carbonyl (C=O) groups excluding carboxylic acids is 2. The third-order valence-electron chi connectivity index (χ3n) is 5.40. The SMILES string of the molecule is COc1ccc2cc(COC(=O)C3CCC(=O)N3)c3cc(OC)c(OC)cc3c2c1. The van der Waals surface area contributed by atoms with Gasteiger partial charge >= 0.3 is 5.97 Å². The summed E-state index contributed by atoms with van der Waals surface area (Å²) >= 11 is 0. The number of esters is 1. The van der Waals surface area contributed by atoms with Gasteiger partial charge in [-0.05, 0) is 63.9 Å². The fourth-order valence-electron chi connectivity index (χ4n) is 3.81.